The fourth-order valence-electron chi connectivity index (χ4n) is 3.15. The number of hydrogen-bond donors (Lipinski definition) is 2. The molecule has 126 valence electrons. The minimum absolute atomic E-state index is 0.0132. The van der Waals surface area contributed by atoms with Crippen molar-refractivity contribution in [2.24, 2.45) is 17.3 Å². The van der Waals surface area contributed by atoms with Gasteiger partial charge in [0.15, 0.2) is 0 Å². The molecule has 2 fully saturated rings. The molecule has 0 aromatic rings. The van der Waals surface area contributed by atoms with E-state index in [4.69, 9.17) is 0 Å². The molecule has 1 saturated heterocycles. The number of nitrogens with one attached hydrogen (secondary N) is 1. The van der Waals surface area contributed by atoms with E-state index in [2.05, 4.69) is 5.32 Å². The van der Waals surface area contributed by atoms with Gasteiger partial charge in [-0.2, -0.15) is 0 Å². The van der Waals surface area contributed by atoms with Crippen LogP contribution in [0.2, 0.25) is 0 Å². The molecule has 0 bridgehead atoms. The van der Waals surface area contributed by atoms with E-state index < -0.39 is 5.41 Å². The van der Waals surface area contributed by atoms with Gasteiger partial charge in [-0.15, -0.1) is 0 Å². The summed E-state index contributed by atoms with van der Waals surface area (Å²) in [6.45, 7) is 8.52. The zero-order valence-corrected chi connectivity index (χ0v) is 14.3. The number of aliphatic hydroxyl groups excluding tert-OH is 1. The number of hydrogen-bond acceptors (Lipinski definition) is 3. The molecule has 3 atom stereocenters. The number of likely N-dealkylation sites (tertiary alicyclic amines) is 1. The van der Waals surface area contributed by atoms with Crippen molar-refractivity contribution in [2.45, 2.75) is 65.5 Å². The van der Waals surface area contributed by atoms with Crippen LogP contribution in [-0.4, -0.2) is 47.1 Å². The van der Waals surface area contributed by atoms with Crippen molar-refractivity contribution in [3.63, 3.8) is 0 Å². The van der Waals surface area contributed by atoms with Crippen molar-refractivity contribution < 1.29 is 14.7 Å². The maximum atomic E-state index is 12.2. The van der Waals surface area contributed by atoms with Gasteiger partial charge in [-0.25, -0.2) is 0 Å². The number of piperidine rings is 1. The lowest BCUT2D eigenvalue weighted by molar-refractivity contribution is -0.134. The molecule has 1 aliphatic heterocycles. The Labute approximate surface area is 133 Å². The second-order valence-electron chi connectivity index (χ2n) is 8.09. The Morgan fingerprint density at radius 1 is 1.27 bits per heavy atom. The van der Waals surface area contributed by atoms with Crippen LogP contribution in [0.4, 0.5) is 0 Å². The Balaban J connectivity index is 1.96. The van der Waals surface area contributed by atoms with E-state index in [1.807, 2.05) is 20.8 Å². The van der Waals surface area contributed by atoms with Crippen LogP contribution >= 0.6 is 0 Å². The van der Waals surface area contributed by atoms with E-state index in [0.29, 0.717) is 19.0 Å². The SMILES string of the molecule is CC(=O)N1CC(CC(O)C2CC2)CC(NC(=O)C(C)(C)C)C1. The van der Waals surface area contributed by atoms with Crippen LogP contribution in [0, 0.1) is 17.3 Å². The zero-order chi connectivity index (χ0) is 16.5. The minimum Gasteiger partial charge on any atom is -0.393 e. The maximum absolute atomic E-state index is 12.2. The monoisotopic (exact) mass is 310 g/mol. The fraction of sp³-hybridized carbons (Fsp3) is 0.882. The number of amides is 2. The minimum atomic E-state index is -0.429. The third kappa shape index (κ3) is 4.70. The lowest BCUT2D eigenvalue weighted by Gasteiger charge is -2.39. The molecule has 0 spiro atoms. The van der Waals surface area contributed by atoms with Crippen LogP contribution in [0.15, 0.2) is 0 Å². The quantitative estimate of drug-likeness (QED) is 0.827. The first-order valence-corrected chi connectivity index (χ1v) is 8.41. The van der Waals surface area contributed by atoms with Crippen LogP contribution in [0.5, 0.6) is 0 Å². The third-order valence-electron chi connectivity index (χ3n) is 4.74. The van der Waals surface area contributed by atoms with Gasteiger partial charge in [-0.05, 0) is 37.5 Å². The van der Waals surface area contributed by atoms with Crippen molar-refractivity contribution in [1.29, 1.82) is 0 Å². The van der Waals surface area contributed by atoms with Gasteiger partial charge < -0.3 is 15.3 Å². The Morgan fingerprint density at radius 2 is 1.91 bits per heavy atom. The number of rotatable bonds is 4. The van der Waals surface area contributed by atoms with Gasteiger partial charge >= 0.3 is 0 Å². The van der Waals surface area contributed by atoms with Crippen LogP contribution < -0.4 is 5.32 Å². The second-order valence-corrected chi connectivity index (χ2v) is 8.09. The smallest absolute Gasteiger partial charge is 0.225 e. The second kappa shape index (κ2) is 6.57. The van der Waals surface area contributed by atoms with Gasteiger partial charge in [-0.1, -0.05) is 20.8 Å². The Hall–Kier alpha value is -1.10. The number of carbonyl (C=O) groups is 2. The molecule has 2 rings (SSSR count). The summed E-state index contributed by atoms with van der Waals surface area (Å²) in [5.41, 5.74) is -0.429. The first-order valence-electron chi connectivity index (χ1n) is 8.41. The maximum Gasteiger partial charge on any atom is 0.225 e. The third-order valence-corrected chi connectivity index (χ3v) is 4.74. The molecule has 3 unspecified atom stereocenters. The van der Waals surface area contributed by atoms with Crippen molar-refractivity contribution in [2.75, 3.05) is 13.1 Å². The standard InChI is InChI=1S/C17H30N2O3/c1-11(20)19-9-12(8-15(21)13-5-6-13)7-14(10-19)18-16(22)17(2,3)4/h12-15,21H,5-10H2,1-4H3,(H,18,22). The fourth-order valence-corrected chi connectivity index (χ4v) is 3.15. The van der Waals surface area contributed by atoms with E-state index in [-0.39, 0.29) is 29.9 Å². The Morgan fingerprint density at radius 3 is 2.41 bits per heavy atom. The van der Waals surface area contributed by atoms with E-state index in [9.17, 15) is 14.7 Å². The molecule has 2 aliphatic rings. The normalized spacial score (nSPS) is 27.4. The zero-order valence-electron chi connectivity index (χ0n) is 14.3. The molecular formula is C17H30N2O3. The Kier molecular flexibility index (Phi) is 5.15. The highest BCUT2D eigenvalue weighted by molar-refractivity contribution is 5.81. The summed E-state index contributed by atoms with van der Waals surface area (Å²) in [4.78, 5) is 25.8. The molecule has 2 N–H and O–H groups in total. The summed E-state index contributed by atoms with van der Waals surface area (Å²) >= 11 is 0. The van der Waals surface area contributed by atoms with Crippen LogP contribution in [0.25, 0.3) is 0 Å². The largest absolute Gasteiger partial charge is 0.393 e. The van der Waals surface area contributed by atoms with E-state index >= 15 is 0 Å². The molecule has 2 amide bonds. The number of carbonyl (C=O) groups excluding carboxylic acids is 2. The lowest BCUT2D eigenvalue weighted by Crippen LogP contribution is -2.54. The molecule has 1 saturated carbocycles. The van der Waals surface area contributed by atoms with E-state index in [1.165, 1.54) is 0 Å². The Bertz CT molecular complexity index is 426. The van der Waals surface area contributed by atoms with Crippen LogP contribution in [-0.2, 0) is 9.59 Å². The molecule has 0 aromatic heterocycles. The lowest BCUT2D eigenvalue weighted by atomic mass is 9.87. The first kappa shape index (κ1) is 17.3. The summed E-state index contributed by atoms with van der Waals surface area (Å²) in [7, 11) is 0. The van der Waals surface area contributed by atoms with Gasteiger partial charge in [0, 0.05) is 31.5 Å². The van der Waals surface area contributed by atoms with Gasteiger partial charge in [0.1, 0.15) is 0 Å². The number of nitrogens with zero attached hydrogens (tertiary/aromatic N) is 1. The van der Waals surface area contributed by atoms with Crippen LogP contribution in [0.1, 0.15) is 53.4 Å². The van der Waals surface area contributed by atoms with E-state index in [0.717, 1.165) is 25.7 Å². The van der Waals surface area contributed by atoms with Crippen molar-refractivity contribution >= 4 is 11.8 Å². The summed E-state index contributed by atoms with van der Waals surface area (Å²) in [6.07, 6.45) is 3.56. The van der Waals surface area contributed by atoms with Gasteiger partial charge in [0.25, 0.3) is 0 Å². The molecule has 0 radical (unpaired) electrons. The van der Waals surface area contributed by atoms with E-state index in [1.54, 1.807) is 11.8 Å². The predicted molar refractivity (Wildman–Crippen MR) is 85.1 cm³/mol. The highest BCUT2D eigenvalue weighted by Crippen LogP contribution is 2.36. The van der Waals surface area contributed by atoms with Gasteiger partial charge in [0.05, 0.1) is 6.10 Å². The van der Waals surface area contributed by atoms with Crippen molar-refractivity contribution in [3.8, 4) is 0 Å². The predicted octanol–water partition coefficient (Wildman–Crippen LogP) is 1.55. The topological polar surface area (TPSA) is 69.6 Å². The molecular weight excluding hydrogens is 280 g/mol. The van der Waals surface area contributed by atoms with Gasteiger partial charge in [-0.3, -0.25) is 9.59 Å². The summed E-state index contributed by atoms with van der Waals surface area (Å²) in [6, 6.07) is -0.0132. The highest BCUT2D eigenvalue weighted by Gasteiger charge is 2.36. The molecule has 0 aromatic carbocycles. The summed E-state index contributed by atoms with van der Waals surface area (Å²) < 4.78 is 0. The molecule has 5 heteroatoms. The average molecular weight is 310 g/mol. The number of aliphatic hydroxyl groups is 1. The summed E-state index contributed by atoms with van der Waals surface area (Å²) in [5, 5.41) is 13.2. The van der Waals surface area contributed by atoms with Crippen molar-refractivity contribution in [1.82, 2.24) is 10.2 Å². The first-order chi connectivity index (χ1) is 10.2. The molecule has 1 aliphatic carbocycles. The van der Waals surface area contributed by atoms with Crippen LogP contribution in [0.3, 0.4) is 0 Å². The van der Waals surface area contributed by atoms with Crippen molar-refractivity contribution in [3.05, 3.63) is 0 Å². The molecule has 5 nitrogen and oxygen atoms in total. The molecule has 22 heavy (non-hydrogen) atoms. The van der Waals surface area contributed by atoms with Gasteiger partial charge in [0.2, 0.25) is 11.8 Å². The highest BCUT2D eigenvalue weighted by atomic mass is 16.3. The summed E-state index contributed by atoms with van der Waals surface area (Å²) in [5.74, 6) is 0.777. The molecule has 1 heterocycles. The average Bonchev–Trinajstić information content (AvgIpc) is 3.21.